The highest BCUT2D eigenvalue weighted by molar-refractivity contribution is 6.21. The zero-order valence-corrected chi connectivity index (χ0v) is 15.7. The average Bonchev–Trinajstić information content (AvgIpc) is 3.05. The van der Waals surface area contributed by atoms with Crippen molar-refractivity contribution in [1.82, 2.24) is 5.32 Å². The van der Waals surface area contributed by atoms with Gasteiger partial charge in [0.1, 0.15) is 6.04 Å². The summed E-state index contributed by atoms with van der Waals surface area (Å²) in [5.74, 6) is -1.39. The van der Waals surface area contributed by atoms with E-state index in [9.17, 15) is 19.2 Å². The quantitative estimate of drug-likeness (QED) is 0.658. The molecule has 0 bridgehead atoms. The number of nitrogens with zero attached hydrogens (tertiary/aromatic N) is 1. The minimum Gasteiger partial charge on any atom is -0.351 e. The molecule has 4 amide bonds. The molecule has 0 spiro atoms. The molecule has 4 rings (SSSR count). The molecule has 1 heterocycles. The van der Waals surface area contributed by atoms with E-state index in [1.165, 1.54) is 18.2 Å². The van der Waals surface area contributed by atoms with Crippen LogP contribution in [-0.4, -0.2) is 23.6 Å². The van der Waals surface area contributed by atoms with Crippen LogP contribution in [0.25, 0.3) is 0 Å². The molecule has 0 fully saturated rings. The van der Waals surface area contributed by atoms with Gasteiger partial charge >= 0.3 is 6.03 Å². The van der Waals surface area contributed by atoms with Crippen LogP contribution in [0.5, 0.6) is 0 Å². The Bertz CT molecular complexity index is 1160. The van der Waals surface area contributed by atoms with E-state index in [1.54, 1.807) is 60.7 Å². The van der Waals surface area contributed by atoms with E-state index in [0.29, 0.717) is 22.3 Å². The summed E-state index contributed by atoms with van der Waals surface area (Å²) in [5, 5.41) is 2.64. The number of nitrogens with one attached hydrogen (secondary N) is 1. The SMILES string of the molecule is NC(=O)N1C(=O)C(NC(=O)c2ccccc2)c2cc(C(=O)c3ccccc3)ccc21. The molecule has 30 heavy (non-hydrogen) atoms. The first-order valence-electron chi connectivity index (χ1n) is 9.20. The summed E-state index contributed by atoms with van der Waals surface area (Å²) < 4.78 is 0. The monoisotopic (exact) mass is 399 g/mol. The van der Waals surface area contributed by atoms with Crippen molar-refractivity contribution in [2.45, 2.75) is 6.04 Å². The molecule has 1 atom stereocenters. The number of amides is 4. The van der Waals surface area contributed by atoms with Gasteiger partial charge in [-0.1, -0.05) is 48.5 Å². The summed E-state index contributed by atoms with van der Waals surface area (Å²) >= 11 is 0. The van der Waals surface area contributed by atoms with Gasteiger partial charge in [0.2, 0.25) is 0 Å². The Morgan fingerprint density at radius 3 is 2.00 bits per heavy atom. The Morgan fingerprint density at radius 1 is 0.800 bits per heavy atom. The lowest BCUT2D eigenvalue weighted by Gasteiger charge is -2.14. The van der Waals surface area contributed by atoms with Crippen molar-refractivity contribution in [1.29, 1.82) is 0 Å². The molecule has 7 nitrogen and oxygen atoms in total. The number of ketones is 1. The number of nitrogens with two attached hydrogens (primary N) is 1. The number of carbonyl (C=O) groups excluding carboxylic acids is 4. The third-order valence-electron chi connectivity index (χ3n) is 4.88. The number of carbonyl (C=O) groups is 4. The van der Waals surface area contributed by atoms with Crippen LogP contribution < -0.4 is 16.0 Å². The molecule has 0 saturated carbocycles. The van der Waals surface area contributed by atoms with Gasteiger partial charge in [-0.2, -0.15) is 0 Å². The Kier molecular flexibility index (Phi) is 4.85. The summed E-state index contributed by atoms with van der Waals surface area (Å²) in [6, 6.07) is 19.5. The van der Waals surface area contributed by atoms with Crippen molar-refractivity contribution < 1.29 is 19.2 Å². The smallest absolute Gasteiger partial charge is 0.326 e. The van der Waals surface area contributed by atoms with Crippen molar-refractivity contribution in [3.05, 3.63) is 101 Å². The summed E-state index contributed by atoms with van der Waals surface area (Å²) in [5.41, 5.74) is 7.14. The predicted octanol–water partition coefficient (Wildman–Crippen LogP) is 2.81. The fraction of sp³-hybridized carbons (Fsp3) is 0.0435. The molecule has 148 valence electrons. The second-order valence-electron chi connectivity index (χ2n) is 6.75. The predicted molar refractivity (Wildman–Crippen MR) is 110 cm³/mol. The van der Waals surface area contributed by atoms with Crippen molar-refractivity contribution in [3.63, 3.8) is 0 Å². The number of anilines is 1. The zero-order chi connectivity index (χ0) is 21.3. The third-order valence-corrected chi connectivity index (χ3v) is 4.88. The fourth-order valence-electron chi connectivity index (χ4n) is 3.44. The van der Waals surface area contributed by atoms with Gasteiger partial charge in [-0.05, 0) is 30.3 Å². The number of imide groups is 1. The molecule has 1 unspecified atom stereocenters. The molecule has 0 aliphatic carbocycles. The molecule has 3 aromatic rings. The largest absolute Gasteiger partial charge is 0.351 e. The van der Waals surface area contributed by atoms with E-state index in [1.807, 2.05) is 0 Å². The zero-order valence-electron chi connectivity index (χ0n) is 15.7. The highest BCUT2D eigenvalue weighted by Crippen LogP contribution is 2.37. The highest BCUT2D eigenvalue weighted by Gasteiger charge is 2.41. The molecule has 3 aromatic carbocycles. The number of hydrogen-bond acceptors (Lipinski definition) is 4. The third kappa shape index (κ3) is 3.33. The summed E-state index contributed by atoms with van der Waals surface area (Å²) in [6.45, 7) is 0. The first-order chi connectivity index (χ1) is 14.5. The van der Waals surface area contributed by atoms with Crippen LogP contribution in [0, 0.1) is 0 Å². The van der Waals surface area contributed by atoms with Gasteiger partial charge in [0.25, 0.3) is 11.8 Å². The van der Waals surface area contributed by atoms with Crippen molar-refractivity contribution in [2.24, 2.45) is 5.73 Å². The fourth-order valence-corrected chi connectivity index (χ4v) is 3.44. The van der Waals surface area contributed by atoms with E-state index in [0.717, 1.165) is 4.90 Å². The Balaban J connectivity index is 1.73. The van der Waals surface area contributed by atoms with Gasteiger partial charge in [0, 0.05) is 22.3 Å². The average molecular weight is 399 g/mol. The van der Waals surface area contributed by atoms with Gasteiger partial charge in [-0.3, -0.25) is 14.4 Å². The number of primary amides is 1. The van der Waals surface area contributed by atoms with E-state index < -0.39 is 23.9 Å². The molecular weight excluding hydrogens is 382 g/mol. The van der Waals surface area contributed by atoms with Gasteiger partial charge in [-0.25, -0.2) is 9.69 Å². The van der Waals surface area contributed by atoms with Crippen LogP contribution in [0.1, 0.15) is 37.9 Å². The molecule has 1 aliphatic rings. The summed E-state index contributed by atoms with van der Waals surface area (Å²) in [6.07, 6.45) is 0. The van der Waals surface area contributed by atoms with Gasteiger partial charge < -0.3 is 11.1 Å². The van der Waals surface area contributed by atoms with Crippen LogP contribution in [0.3, 0.4) is 0 Å². The van der Waals surface area contributed by atoms with Crippen LogP contribution in [-0.2, 0) is 4.79 Å². The molecule has 7 heteroatoms. The maximum atomic E-state index is 12.8. The van der Waals surface area contributed by atoms with E-state index in [4.69, 9.17) is 5.73 Å². The van der Waals surface area contributed by atoms with Gasteiger partial charge in [-0.15, -0.1) is 0 Å². The molecule has 3 N–H and O–H groups in total. The Morgan fingerprint density at radius 2 is 1.40 bits per heavy atom. The van der Waals surface area contributed by atoms with E-state index in [2.05, 4.69) is 5.32 Å². The van der Waals surface area contributed by atoms with Crippen LogP contribution in [0.15, 0.2) is 78.9 Å². The van der Waals surface area contributed by atoms with Gasteiger partial charge in [0.15, 0.2) is 5.78 Å². The number of rotatable bonds is 4. The first-order valence-corrected chi connectivity index (χ1v) is 9.20. The maximum Gasteiger partial charge on any atom is 0.326 e. The van der Waals surface area contributed by atoms with E-state index >= 15 is 0 Å². The topological polar surface area (TPSA) is 110 Å². The summed E-state index contributed by atoms with van der Waals surface area (Å²) in [4.78, 5) is 50.9. The molecule has 0 radical (unpaired) electrons. The van der Waals surface area contributed by atoms with Crippen LogP contribution in [0.2, 0.25) is 0 Å². The number of urea groups is 1. The van der Waals surface area contributed by atoms with Crippen molar-refractivity contribution in [2.75, 3.05) is 4.90 Å². The molecule has 0 saturated heterocycles. The number of fused-ring (bicyclic) bond motifs is 1. The lowest BCUT2D eigenvalue weighted by atomic mass is 9.98. The van der Waals surface area contributed by atoms with Crippen molar-refractivity contribution >= 4 is 29.3 Å². The van der Waals surface area contributed by atoms with Crippen LogP contribution in [0.4, 0.5) is 10.5 Å². The standard InChI is InChI=1S/C23H17N3O4/c24-23(30)26-18-12-11-16(20(27)14-7-3-1-4-8-14)13-17(18)19(22(26)29)25-21(28)15-9-5-2-6-10-15/h1-13,19H,(H2,24,30)(H,25,28). The van der Waals surface area contributed by atoms with E-state index in [-0.39, 0.29) is 11.5 Å². The maximum absolute atomic E-state index is 12.8. The van der Waals surface area contributed by atoms with Gasteiger partial charge in [0.05, 0.1) is 5.69 Å². The Hall–Kier alpha value is -4.26. The summed E-state index contributed by atoms with van der Waals surface area (Å²) in [7, 11) is 0. The lowest BCUT2D eigenvalue weighted by molar-refractivity contribution is -0.119. The highest BCUT2D eigenvalue weighted by atomic mass is 16.2. The second kappa shape index (κ2) is 7.63. The molecule has 0 aromatic heterocycles. The molecule has 1 aliphatic heterocycles. The van der Waals surface area contributed by atoms with Crippen LogP contribution >= 0.6 is 0 Å². The minimum atomic E-state index is -1.14. The minimum absolute atomic E-state index is 0.239. The van der Waals surface area contributed by atoms with Crippen molar-refractivity contribution in [3.8, 4) is 0 Å². The number of hydrogen-bond donors (Lipinski definition) is 2. The normalized spacial score (nSPS) is 14.9. The first kappa shape index (κ1) is 19.1. The second-order valence-corrected chi connectivity index (χ2v) is 6.75. The lowest BCUT2D eigenvalue weighted by Crippen LogP contribution is -2.42. The Labute approximate surface area is 172 Å². The molecular formula is C23H17N3O4. The number of benzene rings is 3.